The monoisotopic (exact) mass is 293 g/mol. The lowest BCUT2D eigenvalue weighted by Gasteiger charge is -2.25. The molecule has 0 amide bonds. The molecule has 0 atom stereocenters. The van der Waals surface area contributed by atoms with Gasteiger partial charge in [-0.25, -0.2) is 19.4 Å². The summed E-state index contributed by atoms with van der Waals surface area (Å²) in [4.78, 5) is 22.4. The summed E-state index contributed by atoms with van der Waals surface area (Å²) >= 11 is 1.22. The molecule has 1 aliphatic heterocycles. The lowest BCUT2D eigenvalue weighted by atomic mass is 10.1. The standard InChI is InChI=1S/C12H15N5O2S/c1-16-10(13-7-14-16)8-9(11(18)19)20-12(15-8)17-5-3-2-4-6-17/h7H,2-6H2,1H3,(H,18,19). The van der Waals surface area contributed by atoms with E-state index in [2.05, 4.69) is 20.0 Å². The lowest BCUT2D eigenvalue weighted by molar-refractivity contribution is 0.0702. The Morgan fingerprint density at radius 1 is 1.35 bits per heavy atom. The highest BCUT2D eigenvalue weighted by molar-refractivity contribution is 7.17. The first-order valence-electron chi connectivity index (χ1n) is 6.50. The van der Waals surface area contributed by atoms with E-state index in [1.54, 1.807) is 11.7 Å². The van der Waals surface area contributed by atoms with Gasteiger partial charge in [0.2, 0.25) is 0 Å². The maximum Gasteiger partial charge on any atom is 0.348 e. The van der Waals surface area contributed by atoms with Gasteiger partial charge in [0.1, 0.15) is 16.9 Å². The van der Waals surface area contributed by atoms with Crippen LogP contribution in [0.3, 0.4) is 0 Å². The molecule has 7 nitrogen and oxygen atoms in total. The number of nitrogens with zero attached hydrogens (tertiary/aromatic N) is 5. The smallest absolute Gasteiger partial charge is 0.348 e. The Labute approximate surface area is 119 Å². The fourth-order valence-electron chi connectivity index (χ4n) is 2.34. The molecule has 2 aromatic rings. The third-order valence-electron chi connectivity index (χ3n) is 3.36. The Morgan fingerprint density at radius 3 is 2.70 bits per heavy atom. The van der Waals surface area contributed by atoms with Crippen LogP contribution < -0.4 is 4.90 Å². The average Bonchev–Trinajstić information content (AvgIpc) is 3.05. The van der Waals surface area contributed by atoms with Gasteiger partial charge in [-0.15, -0.1) is 0 Å². The molecule has 0 bridgehead atoms. The van der Waals surface area contributed by atoms with E-state index in [1.165, 1.54) is 24.1 Å². The number of piperidine rings is 1. The molecule has 20 heavy (non-hydrogen) atoms. The van der Waals surface area contributed by atoms with Crippen molar-refractivity contribution in [3.05, 3.63) is 11.2 Å². The van der Waals surface area contributed by atoms with Gasteiger partial charge < -0.3 is 10.0 Å². The predicted octanol–water partition coefficient (Wildman–Crippen LogP) is 1.63. The molecule has 3 rings (SSSR count). The zero-order valence-corrected chi connectivity index (χ0v) is 11.9. The SMILES string of the molecule is Cn1ncnc1-c1nc(N2CCCCC2)sc1C(=O)O. The Hall–Kier alpha value is -1.96. The number of carboxylic acid groups (broad SMARTS) is 1. The Bertz CT molecular complexity index is 630. The van der Waals surface area contributed by atoms with Crippen LogP contribution in [-0.2, 0) is 7.05 Å². The van der Waals surface area contributed by atoms with Crippen LogP contribution in [0.25, 0.3) is 11.5 Å². The molecule has 1 aliphatic rings. The highest BCUT2D eigenvalue weighted by Gasteiger charge is 2.25. The number of anilines is 1. The highest BCUT2D eigenvalue weighted by Crippen LogP contribution is 2.33. The number of carbonyl (C=O) groups is 1. The van der Waals surface area contributed by atoms with Crippen LogP contribution in [0.5, 0.6) is 0 Å². The van der Waals surface area contributed by atoms with Gasteiger partial charge in [0.25, 0.3) is 0 Å². The van der Waals surface area contributed by atoms with Gasteiger partial charge in [-0.1, -0.05) is 11.3 Å². The minimum Gasteiger partial charge on any atom is -0.477 e. The summed E-state index contributed by atoms with van der Waals surface area (Å²) in [5.41, 5.74) is 0.406. The fraction of sp³-hybridized carbons (Fsp3) is 0.500. The molecule has 0 aromatic carbocycles. The minimum absolute atomic E-state index is 0.224. The van der Waals surface area contributed by atoms with Crippen LogP contribution in [0.4, 0.5) is 5.13 Å². The van der Waals surface area contributed by atoms with Crippen molar-refractivity contribution < 1.29 is 9.90 Å². The fourth-order valence-corrected chi connectivity index (χ4v) is 3.29. The number of hydrogen-bond donors (Lipinski definition) is 1. The van der Waals surface area contributed by atoms with E-state index in [0.29, 0.717) is 11.5 Å². The van der Waals surface area contributed by atoms with Gasteiger partial charge in [0.05, 0.1) is 0 Å². The van der Waals surface area contributed by atoms with Crippen molar-refractivity contribution in [2.45, 2.75) is 19.3 Å². The molecule has 106 valence electrons. The van der Waals surface area contributed by atoms with Crippen molar-refractivity contribution in [2.75, 3.05) is 18.0 Å². The molecule has 0 aliphatic carbocycles. The van der Waals surface area contributed by atoms with Crippen molar-refractivity contribution in [1.29, 1.82) is 0 Å². The molecule has 0 radical (unpaired) electrons. The topological polar surface area (TPSA) is 84.1 Å². The van der Waals surface area contributed by atoms with Crippen LogP contribution in [0, 0.1) is 0 Å². The number of rotatable bonds is 3. The minimum atomic E-state index is -0.969. The molecule has 0 unspecified atom stereocenters. The van der Waals surface area contributed by atoms with Crippen LogP contribution in [0.2, 0.25) is 0 Å². The van der Waals surface area contributed by atoms with Crippen LogP contribution in [0.1, 0.15) is 28.9 Å². The van der Waals surface area contributed by atoms with Crippen LogP contribution >= 0.6 is 11.3 Å². The van der Waals surface area contributed by atoms with Gasteiger partial charge in [0, 0.05) is 20.1 Å². The summed E-state index contributed by atoms with van der Waals surface area (Å²) in [6, 6.07) is 0. The summed E-state index contributed by atoms with van der Waals surface area (Å²) in [6.45, 7) is 1.87. The lowest BCUT2D eigenvalue weighted by Crippen LogP contribution is -2.29. The van der Waals surface area contributed by atoms with E-state index in [1.807, 2.05) is 0 Å². The Kier molecular flexibility index (Phi) is 3.39. The average molecular weight is 293 g/mol. The van der Waals surface area contributed by atoms with E-state index in [9.17, 15) is 9.90 Å². The molecule has 3 heterocycles. The maximum atomic E-state index is 11.4. The molecule has 0 spiro atoms. The van der Waals surface area contributed by atoms with Gasteiger partial charge in [-0.05, 0) is 19.3 Å². The van der Waals surface area contributed by atoms with Gasteiger partial charge in [0.15, 0.2) is 11.0 Å². The molecule has 1 saturated heterocycles. The molecule has 1 fully saturated rings. The molecular formula is C12H15N5O2S. The zero-order chi connectivity index (χ0) is 14.1. The number of hydrogen-bond acceptors (Lipinski definition) is 6. The predicted molar refractivity (Wildman–Crippen MR) is 75.1 cm³/mol. The van der Waals surface area contributed by atoms with Gasteiger partial charge in [-0.3, -0.25) is 0 Å². The number of thiazole rings is 1. The summed E-state index contributed by atoms with van der Waals surface area (Å²) in [5.74, 6) is -0.481. The van der Waals surface area contributed by atoms with E-state index >= 15 is 0 Å². The number of carboxylic acids is 1. The first kappa shape index (κ1) is 13.0. The summed E-state index contributed by atoms with van der Waals surface area (Å²) in [7, 11) is 1.73. The Morgan fingerprint density at radius 2 is 2.10 bits per heavy atom. The summed E-state index contributed by atoms with van der Waals surface area (Å²) < 4.78 is 1.54. The number of aromatic nitrogens is 4. The third kappa shape index (κ3) is 2.26. The van der Waals surface area contributed by atoms with E-state index in [0.717, 1.165) is 31.1 Å². The zero-order valence-electron chi connectivity index (χ0n) is 11.1. The second kappa shape index (κ2) is 5.20. The van der Waals surface area contributed by atoms with E-state index in [-0.39, 0.29) is 4.88 Å². The first-order valence-corrected chi connectivity index (χ1v) is 7.32. The van der Waals surface area contributed by atoms with Crippen LogP contribution in [0.15, 0.2) is 6.33 Å². The highest BCUT2D eigenvalue weighted by atomic mass is 32.1. The Balaban J connectivity index is 2.02. The van der Waals surface area contributed by atoms with Crippen molar-refractivity contribution >= 4 is 22.4 Å². The second-order valence-corrected chi connectivity index (χ2v) is 5.71. The van der Waals surface area contributed by atoms with Crippen LogP contribution in [-0.4, -0.2) is 43.9 Å². The summed E-state index contributed by atoms with van der Waals surface area (Å²) in [6.07, 6.45) is 4.88. The largest absolute Gasteiger partial charge is 0.477 e. The second-order valence-electron chi connectivity index (χ2n) is 4.73. The van der Waals surface area contributed by atoms with E-state index < -0.39 is 5.97 Å². The van der Waals surface area contributed by atoms with E-state index in [4.69, 9.17) is 0 Å². The van der Waals surface area contributed by atoms with Gasteiger partial charge >= 0.3 is 5.97 Å². The van der Waals surface area contributed by atoms with Crippen molar-refractivity contribution in [3.63, 3.8) is 0 Å². The third-order valence-corrected chi connectivity index (χ3v) is 4.46. The summed E-state index contributed by atoms with van der Waals surface area (Å²) in [5, 5.41) is 14.1. The molecular weight excluding hydrogens is 278 g/mol. The first-order chi connectivity index (χ1) is 9.66. The van der Waals surface area contributed by atoms with Crippen molar-refractivity contribution in [1.82, 2.24) is 19.7 Å². The molecule has 1 N–H and O–H groups in total. The number of aromatic carboxylic acids is 1. The van der Waals surface area contributed by atoms with Crippen molar-refractivity contribution in [2.24, 2.45) is 7.05 Å². The molecule has 2 aromatic heterocycles. The number of aryl methyl sites for hydroxylation is 1. The molecule has 8 heteroatoms. The molecule has 0 saturated carbocycles. The quantitative estimate of drug-likeness (QED) is 0.926. The normalized spacial score (nSPS) is 15.6. The maximum absolute atomic E-state index is 11.4. The van der Waals surface area contributed by atoms with Crippen molar-refractivity contribution in [3.8, 4) is 11.5 Å². The van der Waals surface area contributed by atoms with Gasteiger partial charge in [-0.2, -0.15) is 5.10 Å².